The van der Waals surface area contributed by atoms with Crippen molar-refractivity contribution in [2.75, 3.05) is 0 Å². The quantitative estimate of drug-likeness (QED) is 0.209. The summed E-state index contributed by atoms with van der Waals surface area (Å²) in [5, 5.41) is 7.67. The molecule has 1 heterocycles. The van der Waals surface area contributed by atoms with Crippen molar-refractivity contribution in [2.24, 2.45) is 28.8 Å². The fraction of sp³-hybridized carbons (Fsp3) is 0.222. The number of hydrogen-bond acceptors (Lipinski definition) is 4. The SMILES string of the molecule is O=C1[C@@H]2[C@@H](C(=O)N1/N=C\c1cc(Br)c(OCc3cccc4ccccc34)c(Br)c1)[C@H]1C=C[C@H]2C1. The second-order valence-corrected chi connectivity index (χ2v) is 10.7. The molecule has 34 heavy (non-hydrogen) atoms. The highest BCUT2D eigenvalue weighted by Crippen LogP contribution is 2.52. The number of benzene rings is 3. The minimum Gasteiger partial charge on any atom is -0.487 e. The van der Waals surface area contributed by atoms with Gasteiger partial charge in [0.25, 0.3) is 11.8 Å². The van der Waals surface area contributed by atoms with Crippen molar-refractivity contribution in [3.63, 3.8) is 0 Å². The van der Waals surface area contributed by atoms with E-state index < -0.39 is 0 Å². The van der Waals surface area contributed by atoms with E-state index in [0.29, 0.717) is 12.4 Å². The smallest absolute Gasteiger partial charge is 0.254 e. The summed E-state index contributed by atoms with van der Waals surface area (Å²) in [6.45, 7) is 0.419. The first-order valence-electron chi connectivity index (χ1n) is 11.2. The van der Waals surface area contributed by atoms with Crippen molar-refractivity contribution < 1.29 is 14.3 Å². The second-order valence-electron chi connectivity index (χ2n) is 8.97. The van der Waals surface area contributed by atoms with Gasteiger partial charge in [-0.3, -0.25) is 9.59 Å². The van der Waals surface area contributed by atoms with Gasteiger partial charge in [-0.25, -0.2) is 0 Å². The molecule has 3 aromatic rings. The number of rotatable bonds is 5. The highest BCUT2D eigenvalue weighted by molar-refractivity contribution is 9.11. The molecule has 0 aromatic heterocycles. The highest BCUT2D eigenvalue weighted by Gasteiger charge is 2.59. The van der Waals surface area contributed by atoms with E-state index in [2.05, 4.69) is 73.4 Å². The van der Waals surface area contributed by atoms with Crippen LogP contribution in [0.4, 0.5) is 0 Å². The predicted molar refractivity (Wildman–Crippen MR) is 137 cm³/mol. The van der Waals surface area contributed by atoms with Gasteiger partial charge in [-0.1, -0.05) is 54.6 Å². The molecule has 2 amide bonds. The van der Waals surface area contributed by atoms with Gasteiger partial charge in [0.15, 0.2) is 0 Å². The van der Waals surface area contributed by atoms with Gasteiger partial charge in [-0.05, 0) is 84.1 Å². The Morgan fingerprint density at radius 1 is 0.941 bits per heavy atom. The number of allylic oxidation sites excluding steroid dienone is 2. The zero-order valence-electron chi connectivity index (χ0n) is 18.0. The molecule has 3 aliphatic rings. The number of carbonyl (C=O) groups is 2. The Morgan fingerprint density at radius 2 is 1.59 bits per heavy atom. The van der Waals surface area contributed by atoms with Crippen LogP contribution in [0.3, 0.4) is 0 Å². The number of nitrogens with zero attached hydrogens (tertiary/aromatic N) is 2. The molecule has 0 radical (unpaired) electrons. The molecule has 4 atom stereocenters. The predicted octanol–water partition coefficient (Wildman–Crippen LogP) is 6.08. The molecular weight excluding hydrogens is 560 g/mol. The molecule has 1 saturated heterocycles. The molecule has 1 aliphatic heterocycles. The second kappa shape index (κ2) is 8.47. The lowest BCUT2D eigenvalue weighted by Gasteiger charge is -2.13. The fourth-order valence-electron chi connectivity index (χ4n) is 5.48. The van der Waals surface area contributed by atoms with E-state index in [9.17, 15) is 9.59 Å². The molecule has 0 spiro atoms. The van der Waals surface area contributed by atoms with Gasteiger partial charge in [0, 0.05) is 0 Å². The van der Waals surface area contributed by atoms with Crippen molar-refractivity contribution in [2.45, 2.75) is 13.0 Å². The van der Waals surface area contributed by atoms with E-state index in [1.54, 1.807) is 6.21 Å². The number of fused-ring (bicyclic) bond motifs is 6. The molecule has 0 unspecified atom stereocenters. The summed E-state index contributed by atoms with van der Waals surface area (Å²) in [6.07, 6.45) is 6.62. The minimum atomic E-state index is -0.247. The van der Waals surface area contributed by atoms with Crippen molar-refractivity contribution >= 4 is 60.7 Å². The van der Waals surface area contributed by atoms with Gasteiger partial charge in [0.05, 0.1) is 27.0 Å². The van der Waals surface area contributed by atoms with Crippen LogP contribution in [-0.4, -0.2) is 23.0 Å². The molecule has 6 rings (SSSR count). The van der Waals surface area contributed by atoms with Gasteiger partial charge in [-0.2, -0.15) is 10.1 Å². The van der Waals surface area contributed by atoms with Crippen LogP contribution in [0.15, 0.2) is 80.8 Å². The number of hydrazone groups is 1. The van der Waals surface area contributed by atoms with E-state index in [-0.39, 0.29) is 35.5 Å². The molecule has 1 saturated carbocycles. The van der Waals surface area contributed by atoms with Crippen LogP contribution in [0.5, 0.6) is 5.75 Å². The summed E-state index contributed by atoms with van der Waals surface area (Å²) in [7, 11) is 0. The van der Waals surface area contributed by atoms with Gasteiger partial charge in [0.2, 0.25) is 0 Å². The molecule has 5 nitrogen and oxygen atoms in total. The van der Waals surface area contributed by atoms with Gasteiger partial charge in [0.1, 0.15) is 12.4 Å². The number of imide groups is 1. The number of ether oxygens (including phenoxy) is 1. The van der Waals surface area contributed by atoms with Crippen molar-refractivity contribution in [1.82, 2.24) is 5.01 Å². The van der Waals surface area contributed by atoms with Crippen molar-refractivity contribution in [1.29, 1.82) is 0 Å². The van der Waals surface area contributed by atoms with E-state index >= 15 is 0 Å². The molecule has 3 aromatic carbocycles. The van der Waals surface area contributed by atoms with E-state index in [0.717, 1.165) is 36.9 Å². The monoisotopic (exact) mass is 578 g/mol. The average Bonchev–Trinajstić information content (AvgIpc) is 3.51. The van der Waals surface area contributed by atoms with Crippen LogP contribution in [0.25, 0.3) is 10.8 Å². The van der Waals surface area contributed by atoms with Crippen LogP contribution in [0, 0.1) is 23.7 Å². The van der Waals surface area contributed by atoms with Crippen LogP contribution in [-0.2, 0) is 16.2 Å². The maximum absolute atomic E-state index is 12.8. The molecular formula is C27H20Br2N2O3. The zero-order valence-corrected chi connectivity index (χ0v) is 21.2. The molecule has 7 heteroatoms. The number of halogens is 2. The normalized spacial score (nSPS) is 25.2. The van der Waals surface area contributed by atoms with E-state index in [1.807, 2.05) is 30.3 Å². The van der Waals surface area contributed by atoms with Crippen LogP contribution < -0.4 is 4.74 Å². The van der Waals surface area contributed by atoms with Gasteiger partial charge in [-0.15, -0.1) is 0 Å². The summed E-state index contributed by atoms with van der Waals surface area (Å²) >= 11 is 7.18. The lowest BCUT2D eigenvalue weighted by Crippen LogP contribution is -2.28. The van der Waals surface area contributed by atoms with Crippen LogP contribution in [0.1, 0.15) is 17.5 Å². The summed E-state index contributed by atoms with van der Waals surface area (Å²) in [4.78, 5) is 25.7. The Morgan fingerprint density at radius 3 is 2.29 bits per heavy atom. The van der Waals surface area contributed by atoms with Gasteiger partial charge < -0.3 is 4.74 Å². The van der Waals surface area contributed by atoms with Crippen molar-refractivity contribution in [3.8, 4) is 5.75 Å². The number of hydrogen-bond donors (Lipinski definition) is 0. The maximum atomic E-state index is 12.8. The highest BCUT2D eigenvalue weighted by atomic mass is 79.9. The lowest BCUT2D eigenvalue weighted by molar-refractivity contribution is -0.140. The summed E-state index contributed by atoms with van der Waals surface area (Å²) in [5.74, 6) is 0.162. The third-order valence-electron chi connectivity index (χ3n) is 7.04. The van der Waals surface area contributed by atoms with Crippen molar-refractivity contribution in [3.05, 3.63) is 86.8 Å². The number of amides is 2. The maximum Gasteiger partial charge on any atom is 0.254 e. The fourth-order valence-corrected chi connectivity index (χ4v) is 6.94. The Bertz CT molecular complexity index is 1340. The number of carbonyl (C=O) groups excluding carboxylic acids is 2. The third kappa shape index (κ3) is 3.53. The minimum absolute atomic E-state index is 0.174. The standard InChI is InChI=1S/C27H20Br2N2O3/c28-21-10-15(13-30-31-26(32)23-17-8-9-18(12-17)24(23)27(31)33)11-22(29)25(21)34-14-19-6-3-5-16-4-1-2-7-20(16)19/h1-11,13,17-18,23-24H,12,14H2/b30-13-/t17-,18-,23-,24-/m0/s1. The average molecular weight is 580 g/mol. The molecule has 2 aliphatic carbocycles. The van der Waals surface area contributed by atoms with Crippen LogP contribution in [0.2, 0.25) is 0 Å². The largest absolute Gasteiger partial charge is 0.487 e. The zero-order chi connectivity index (χ0) is 23.4. The molecule has 0 N–H and O–H groups in total. The first kappa shape index (κ1) is 21.7. The van der Waals surface area contributed by atoms with E-state index in [4.69, 9.17) is 4.74 Å². The molecule has 2 fully saturated rings. The Labute approximate surface area is 213 Å². The summed E-state index contributed by atoms with van der Waals surface area (Å²) in [5.41, 5.74) is 1.85. The summed E-state index contributed by atoms with van der Waals surface area (Å²) < 4.78 is 7.65. The summed E-state index contributed by atoms with van der Waals surface area (Å²) in [6, 6.07) is 18.1. The third-order valence-corrected chi connectivity index (χ3v) is 8.22. The molecule has 2 bridgehead atoms. The topological polar surface area (TPSA) is 59.0 Å². The van der Waals surface area contributed by atoms with E-state index in [1.165, 1.54) is 5.39 Å². The molecule has 170 valence electrons. The first-order chi connectivity index (χ1) is 16.5. The van der Waals surface area contributed by atoms with Gasteiger partial charge >= 0.3 is 0 Å². The first-order valence-corrected chi connectivity index (χ1v) is 12.8. The Kier molecular flexibility index (Phi) is 5.41. The Balaban J connectivity index is 1.19. The lowest BCUT2D eigenvalue weighted by atomic mass is 9.85. The van der Waals surface area contributed by atoms with Crippen LogP contribution >= 0.6 is 31.9 Å². The Hall–Kier alpha value is -2.77.